The molecular weight excluding hydrogens is 355 g/mol. The molecule has 3 rings (SSSR count). The minimum absolute atomic E-state index is 0.122. The molecule has 0 saturated carbocycles. The van der Waals surface area contributed by atoms with Gasteiger partial charge in [0.05, 0.1) is 5.92 Å². The molecule has 1 fully saturated rings. The van der Waals surface area contributed by atoms with Gasteiger partial charge in [0.1, 0.15) is 5.82 Å². The maximum atomic E-state index is 13.8. The van der Waals surface area contributed by atoms with Gasteiger partial charge < -0.3 is 10.2 Å². The van der Waals surface area contributed by atoms with E-state index in [1.807, 2.05) is 18.2 Å². The van der Waals surface area contributed by atoms with Gasteiger partial charge in [-0.15, -0.1) is 0 Å². The summed E-state index contributed by atoms with van der Waals surface area (Å²) in [6, 6.07) is 13.9. The number of benzene rings is 2. The molecule has 2 amide bonds. The zero-order chi connectivity index (χ0) is 18.5. The highest BCUT2D eigenvalue weighted by molar-refractivity contribution is 6.30. The quantitative estimate of drug-likeness (QED) is 0.844. The van der Waals surface area contributed by atoms with E-state index in [1.165, 1.54) is 6.07 Å². The lowest BCUT2D eigenvalue weighted by Gasteiger charge is -2.17. The third kappa shape index (κ3) is 4.61. The second-order valence-corrected chi connectivity index (χ2v) is 6.87. The fraction of sp³-hybridized carbons (Fsp3) is 0.300. The fourth-order valence-corrected chi connectivity index (χ4v) is 3.31. The first kappa shape index (κ1) is 18.4. The van der Waals surface area contributed by atoms with E-state index in [9.17, 15) is 14.0 Å². The highest BCUT2D eigenvalue weighted by atomic mass is 35.5. The highest BCUT2D eigenvalue weighted by Crippen LogP contribution is 2.21. The Morgan fingerprint density at radius 2 is 2.04 bits per heavy atom. The van der Waals surface area contributed by atoms with Crippen LogP contribution >= 0.6 is 11.6 Å². The van der Waals surface area contributed by atoms with E-state index < -0.39 is 5.92 Å². The molecule has 6 heteroatoms. The number of likely N-dealkylation sites (tertiary alicyclic amines) is 1. The molecule has 1 heterocycles. The van der Waals surface area contributed by atoms with Crippen LogP contribution in [0.3, 0.4) is 0 Å². The number of hydrogen-bond donors (Lipinski definition) is 1. The predicted octanol–water partition coefficient (Wildman–Crippen LogP) is 3.19. The zero-order valence-electron chi connectivity index (χ0n) is 14.3. The van der Waals surface area contributed by atoms with Crippen LogP contribution < -0.4 is 5.32 Å². The summed E-state index contributed by atoms with van der Waals surface area (Å²) < 4.78 is 13.8. The molecule has 1 aliphatic rings. The third-order valence-corrected chi connectivity index (χ3v) is 4.74. The van der Waals surface area contributed by atoms with Crippen molar-refractivity contribution in [2.75, 3.05) is 13.1 Å². The van der Waals surface area contributed by atoms with Crippen LogP contribution in [0.4, 0.5) is 4.39 Å². The lowest BCUT2D eigenvalue weighted by Crippen LogP contribution is -2.34. The van der Waals surface area contributed by atoms with E-state index in [0.29, 0.717) is 30.1 Å². The largest absolute Gasteiger partial charge is 0.355 e. The Hall–Kier alpha value is -2.40. The van der Waals surface area contributed by atoms with Crippen molar-refractivity contribution >= 4 is 23.4 Å². The molecule has 0 spiro atoms. The number of rotatable bonds is 6. The maximum Gasteiger partial charge on any atom is 0.225 e. The number of nitrogens with zero attached hydrogens (tertiary/aromatic N) is 1. The van der Waals surface area contributed by atoms with Crippen molar-refractivity contribution in [3.8, 4) is 0 Å². The number of amides is 2. The van der Waals surface area contributed by atoms with Gasteiger partial charge >= 0.3 is 0 Å². The van der Waals surface area contributed by atoms with Gasteiger partial charge in [0, 0.05) is 36.6 Å². The molecule has 0 bridgehead atoms. The van der Waals surface area contributed by atoms with Gasteiger partial charge in [0.25, 0.3) is 0 Å². The minimum Gasteiger partial charge on any atom is -0.355 e. The molecule has 136 valence electrons. The van der Waals surface area contributed by atoms with E-state index in [4.69, 9.17) is 11.6 Å². The Bertz CT molecular complexity index is 812. The standard InChI is InChI=1S/C20H20ClFN2O2/c21-17-6-3-4-14(10-17)8-9-23-20(26)16-11-19(25)24(13-16)12-15-5-1-2-7-18(15)22/h1-7,10,16H,8-9,11-13H2,(H,23,26). The van der Waals surface area contributed by atoms with Gasteiger partial charge in [-0.05, 0) is 30.2 Å². The molecule has 0 aliphatic carbocycles. The third-order valence-electron chi connectivity index (χ3n) is 4.51. The normalized spacial score (nSPS) is 16.8. The zero-order valence-corrected chi connectivity index (χ0v) is 15.0. The Balaban J connectivity index is 1.50. The molecule has 4 nitrogen and oxygen atoms in total. The summed E-state index contributed by atoms with van der Waals surface area (Å²) in [7, 11) is 0. The number of carbonyl (C=O) groups excluding carboxylic acids is 2. The maximum absolute atomic E-state index is 13.8. The minimum atomic E-state index is -0.395. The van der Waals surface area contributed by atoms with E-state index >= 15 is 0 Å². The van der Waals surface area contributed by atoms with Crippen LogP contribution in [0.5, 0.6) is 0 Å². The van der Waals surface area contributed by atoms with E-state index in [0.717, 1.165) is 5.56 Å². The predicted molar refractivity (Wildman–Crippen MR) is 98.1 cm³/mol. The molecule has 0 aromatic heterocycles. The molecule has 1 atom stereocenters. The van der Waals surface area contributed by atoms with Gasteiger partial charge in [-0.1, -0.05) is 41.9 Å². The first-order valence-electron chi connectivity index (χ1n) is 8.56. The highest BCUT2D eigenvalue weighted by Gasteiger charge is 2.34. The molecule has 0 radical (unpaired) electrons. The molecule has 1 N–H and O–H groups in total. The molecule has 2 aromatic carbocycles. The Morgan fingerprint density at radius 1 is 1.23 bits per heavy atom. The van der Waals surface area contributed by atoms with Gasteiger partial charge in [-0.25, -0.2) is 4.39 Å². The molecule has 1 unspecified atom stereocenters. The van der Waals surface area contributed by atoms with Crippen molar-refractivity contribution in [1.82, 2.24) is 10.2 Å². The SMILES string of the molecule is O=C(NCCc1cccc(Cl)c1)C1CC(=O)N(Cc2ccccc2F)C1. The van der Waals surface area contributed by atoms with Crippen molar-refractivity contribution < 1.29 is 14.0 Å². The van der Waals surface area contributed by atoms with E-state index in [1.54, 1.807) is 29.2 Å². The summed E-state index contributed by atoms with van der Waals surface area (Å²) in [5, 5.41) is 3.54. The summed E-state index contributed by atoms with van der Waals surface area (Å²) in [5.74, 6) is -0.997. The van der Waals surface area contributed by atoms with Gasteiger partial charge in [-0.3, -0.25) is 9.59 Å². The van der Waals surface area contributed by atoms with Crippen molar-refractivity contribution in [3.05, 3.63) is 70.5 Å². The summed E-state index contributed by atoms with van der Waals surface area (Å²) >= 11 is 5.94. The Labute approximate surface area is 157 Å². The lowest BCUT2D eigenvalue weighted by molar-refractivity contribution is -0.129. The van der Waals surface area contributed by atoms with E-state index in [2.05, 4.69) is 5.32 Å². The second-order valence-electron chi connectivity index (χ2n) is 6.44. The first-order chi connectivity index (χ1) is 12.5. The summed E-state index contributed by atoms with van der Waals surface area (Å²) in [6.07, 6.45) is 0.837. The van der Waals surface area contributed by atoms with Crippen LogP contribution in [0, 0.1) is 11.7 Å². The van der Waals surface area contributed by atoms with Crippen molar-refractivity contribution in [3.63, 3.8) is 0 Å². The number of halogens is 2. The van der Waals surface area contributed by atoms with Crippen molar-refractivity contribution in [2.24, 2.45) is 5.92 Å². The molecule has 1 saturated heterocycles. The lowest BCUT2D eigenvalue weighted by atomic mass is 10.1. The van der Waals surface area contributed by atoms with Crippen LogP contribution in [0.2, 0.25) is 5.02 Å². The van der Waals surface area contributed by atoms with Crippen LogP contribution in [0.25, 0.3) is 0 Å². The summed E-state index contributed by atoms with van der Waals surface area (Å²) in [6.45, 7) is 0.991. The van der Waals surface area contributed by atoms with Gasteiger partial charge in [0.15, 0.2) is 0 Å². The Morgan fingerprint density at radius 3 is 2.81 bits per heavy atom. The average molecular weight is 375 g/mol. The van der Waals surface area contributed by atoms with Crippen LogP contribution in [0.1, 0.15) is 17.5 Å². The second kappa shape index (κ2) is 8.32. The van der Waals surface area contributed by atoms with Gasteiger partial charge in [0.2, 0.25) is 11.8 Å². The Kier molecular flexibility index (Phi) is 5.89. The molecule has 1 aliphatic heterocycles. The molecule has 2 aromatic rings. The molecule has 26 heavy (non-hydrogen) atoms. The summed E-state index contributed by atoms with van der Waals surface area (Å²) in [4.78, 5) is 26.0. The molecular formula is C20H20ClFN2O2. The van der Waals surface area contributed by atoms with Crippen LogP contribution in [0.15, 0.2) is 48.5 Å². The van der Waals surface area contributed by atoms with Crippen molar-refractivity contribution in [1.29, 1.82) is 0 Å². The summed E-state index contributed by atoms with van der Waals surface area (Å²) in [5.41, 5.74) is 1.50. The van der Waals surface area contributed by atoms with Crippen LogP contribution in [-0.2, 0) is 22.6 Å². The smallest absolute Gasteiger partial charge is 0.225 e. The average Bonchev–Trinajstić information content (AvgIpc) is 2.98. The fourth-order valence-electron chi connectivity index (χ4n) is 3.10. The number of carbonyl (C=O) groups is 2. The monoisotopic (exact) mass is 374 g/mol. The van der Waals surface area contributed by atoms with E-state index in [-0.39, 0.29) is 30.6 Å². The van der Waals surface area contributed by atoms with Crippen molar-refractivity contribution in [2.45, 2.75) is 19.4 Å². The van der Waals surface area contributed by atoms with Crippen LogP contribution in [-0.4, -0.2) is 29.8 Å². The van der Waals surface area contributed by atoms with Gasteiger partial charge in [-0.2, -0.15) is 0 Å². The topological polar surface area (TPSA) is 49.4 Å². The first-order valence-corrected chi connectivity index (χ1v) is 8.94. The number of nitrogens with one attached hydrogen (secondary N) is 1. The number of hydrogen-bond acceptors (Lipinski definition) is 2.